The molecule has 76 valence electrons. The Hall–Kier alpha value is -1.02. The normalized spacial score (nSPS) is 22.1. The van der Waals surface area contributed by atoms with Gasteiger partial charge in [-0.05, 0) is 30.9 Å². The molecule has 0 radical (unpaired) electrons. The summed E-state index contributed by atoms with van der Waals surface area (Å²) in [6.45, 7) is 0.914. The van der Waals surface area contributed by atoms with Gasteiger partial charge in [0.2, 0.25) is 0 Å². The van der Waals surface area contributed by atoms with Gasteiger partial charge in [0.25, 0.3) is 0 Å². The van der Waals surface area contributed by atoms with E-state index in [1.165, 1.54) is 24.8 Å². The molecule has 1 unspecified atom stereocenters. The quantitative estimate of drug-likeness (QED) is 0.728. The maximum atomic E-state index is 5.88. The number of ether oxygens (including phenoxy) is 1. The zero-order valence-corrected chi connectivity index (χ0v) is 8.41. The van der Waals surface area contributed by atoms with Crippen molar-refractivity contribution in [1.29, 1.82) is 0 Å². The van der Waals surface area contributed by atoms with Crippen molar-refractivity contribution < 1.29 is 4.74 Å². The molecule has 1 heterocycles. The molecule has 0 aliphatic carbocycles. The lowest BCUT2D eigenvalue weighted by atomic mass is 10.0. The maximum absolute atomic E-state index is 5.88. The molecule has 1 aliphatic heterocycles. The van der Waals surface area contributed by atoms with Crippen LogP contribution in [-0.2, 0) is 11.2 Å². The van der Waals surface area contributed by atoms with Gasteiger partial charge >= 0.3 is 0 Å². The molecule has 1 saturated heterocycles. The minimum atomic E-state index is 0.383. The first-order chi connectivity index (χ1) is 6.86. The zero-order chi connectivity index (χ0) is 9.80. The fourth-order valence-electron chi connectivity index (χ4n) is 1.93. The van der Waals surface area contributed by atoms with Gasteiger partial charge in [0.15, 0.2) is 0 Å². The molecule has 14 heavy (non-hydrogen) atoms. The van der Waals surface area contributed by atoms with E-state index < -0.39 is 0 Å². The van der Waals surface area contributed by atoms with E-state index in [1.54, 1.807) is 0 Å². The third kappa shape index (κ3) is 2.26. The lowest BCUT2D eigenvalue weighted by molar-refractivity contribution is 0.0169. The van der Waals surface area contributed by atoms with Crippen molar-refractivity contribution in [2.75, 3.05) is 12.3 Å². The minimum Gasteiger partial charge on any atom is -0.399 e. The third-order valence-corrected chi connectivity index (χ3v) is 2.78. The van der Waals surface area contributed by atoms with E-state index >= 15 is 0 Å². The predicted octanol–water partition coefficient (Wildman–Crippen LogP) is 2.38. The summed E-state index contributed by atoms with van der Waals surface area (Å²) in [5, 5.41) is 0. The average molecular weight is 191 g/mol. The first-order valence-electron chi connectivity index (χ1n) is 5.31. The summed E-state index contributed by atoms with van der Waals surface area (Å²) in [7, 11) is 0. The number of benzene rings is 1. The van der Waals surface area contributed by atoms with Gasteiger partial charge in [0.1, 0.15) is 0 Å². The molecular formula is C12H17NO. The highest BCUT2D eigenvalue weighted by molar-refractivity contribution is 5.46. The Kier molecular flexibility index (Phi) is 3.04. The molecule has 1 aromatic rings. The average Bonchev–Trinajstić information content (AvgIpc) is 2.23. The topological polar surface area (TPSA) is 35.2 Å². The van der Waals surface area contributed by atoms with E-state index in [0.717, 1.165) is 18.7 Å². The van der Waals surface area contributed by atoms with Crippen LogP contribution < -0.4 is 5.73 Å². The molecule has 1 atom stereocenters. The minimum absolute atomic E-state index is 0.383. The predicted molar refractivity (Wildman–Crippen MR) is 58.1 cm³/mol. The lowest BCUT2D eigenvalue weighted by Crippen LogP contribution is -2.21. The molecule has 0 bridgehead atoms. The van der Waals surface area contributed by atoms with Crippen LogP contribution in [0.5, 0.6) is 0 Å². The molecule has 1 fully saturated rings. The summed E-state index contributed by atoms with van der Waals surface area (Å²) in [5.74, 6) is 0. The van der Waals surface area contributed by atoms with Gasteiger partial charge in [-0.15, -0.1) is 0 Å². The Bertz CT molecular complexity index is 292. The molecular weight excluding hydrogens is 174 g/mol. The fourth-order valence-corrected chi connectivity index (χ4v) is 1.93. The van der Waals surface area contributed by atoms with Crippen molar-refractivity contribution in [1.82, 2.24) is 0 Å². The van der Waals surface area contributed by atoms with Gasteiger partial charge in [-0.1, -0.05) is 18.2 Å². The fraction of sp³-hybridized carbons (Fsp3) is 0.500. The van der Waals surface area contributed by atoms with Crippen molar-refractivity contribution >= 4 is 5.69 Å². The van der Waals surface area contributed by atoms with Gasteiger partial charge in [-0.2, -0.15) is 0 Å². The Balaban J connectivity index is 1.99. The summed E-state index contributed by atoms with van der Waals surface area (Å²) in [5.41, 5.74) is 7.99. The first kappa shape index (κ1) is 9.53. The van der Waals surface area contributed by atoms with Crippen molar-refractivity contribution in [3.8, 4) is 0 Å². The Morgan fingerprint density at radius 1 is 1.29 bits per heavy atom. The SMILES string of the molecule is Nc1ccccc1CC1CCCCO1. The van der Waals surface area contributed by atoms with Crippen LogP contribution in [0.15, 0.2) is 24.3 Å². The number of hydrogen-bond acceptors (Lipinski definition) is 2. The van der Waals surface area contributed by atoms with Crippen LogP contribution in [0, 0.1) is 0 Å². The largest absolute Gasteiger partial charge is 0.399 e. The molecule has 2 heteroatoms. The van der Waals surface area contributed by atoms with E-state index in [4.69, 9.17) is 10.5 Å². The standard InChI is InChI=1S/C12H17NO/c13-12-7-2-1-5-10(12)9-11-6-3-4-8-14-11/h1-2,5,7,11H,3-4,6,8-9,13H2. The molecule has 0 aromatic heterocycles. The Morgan fingerprint density at radius 3 is 2.86 bits per heavy atom. The van der Waals surface area contributed by atoms with Crippen LogP contribution in [-0.4, -0.2) is 12.7 Å². The number of para-hydroxylation sites is 1. The Morgan fingerprint density at radius 2 is 2.14 bits per heavy atom. The molecule has 0 spiro atoms. The Labute approximate surface area is 85.1 Å². The van der Waals surface area contributed by atoms with Gasteiger partial charge < -0.3 is 10.5 Å². The smallest absolute Gasteiger partial charge is 0.0616 e. The van der Waals surface area contributed by atoms with Gasteiger partial charge in [-0.25, -0.2) is 0 Å². The molecule has 0 saturated carbocycles. The van der Waals surface area contributed by atoms with Crippen molar-refractivity contribution in [3.05, 3.63) is 29.8 Å². The highest BCUT2D eigenvalue weighted by Crippen LogP contribution is 2.20. The highest BCUT2D eigenvalue weighted by Gasteiger charge is 2.14. The first-order valence-corrected chi connectivity index (χ1v) is 5.31. The molecule has 2 rings (SSSR count). The molecule has 1 aliphatic rings. The van der Waals surface area contributed by atoms with E-state index in [2.05, 4.69) is 6.07 Å². The summed E-state index contributed by atoms with van der Waals surface area (Å²) in [6, 6.07) is 8.06. The maximum Gasteiger partial charge on any atom is 0.0616 e. The van der Waals surface area contributed by atoms with E-state index in [0.29, 0.717) is 6.10 Å². The van der Waals surface area contributed by atoms with Crippen LogP contribution in [0.1, 0.15) is 24.8 Å². The van der Waals surface area contributed by atoms with Crippen LogP contribution in [0.4, 0.5) is 5.69 Å². The van der Waals surface area contributed by atoms with Gasteiger partial charge in [0, 0.05) is 18.7 Å². The van der Waals surface area contributed by atoms with Gasteiger partial charge in [0.05, 0.1) is 6.10 Å². The van der Waals surface area contributed by atoms with Crippen LogP contribution in [0.3, 0.4) is 0 Å². The second-order valence-electron chi connectivity index (χ2n) is 3.89. The van der Waals surface area contributed by atoms with E-state index in [9.17, 15) is 0 Å². The van der Waals surface area contributed by atoms with Crippen LogP contribution in [0.2, 0.25) is 0 Å². The summed E-state index contributed by atoms with van der Waals surface area (Å²) in [6.07, 6.45) is 5.02. The molecule has 2 nitrogen and oxygen atoms in total. The van der Waals surface area contributed by atoms with Crippen molar-refractivity contribution in [3.63, 3.8) is 0 Å². The monoisotopic (exact) mass is 191 g/mol. The zero-order valence-electron chi connectivity index (χ0n) is 8.41. The van der Waals surface area contributed by atoms with Crippen LogP contribution in [0.25, 0.3) is 0 Å². The number of nitrogens with two attached hydrogens (primary N) is 1. The second kappa shape index (κ2) is 4.47. The molecule has 0 amide bonds. The third-order valence-electron chi connectivity index (χ3n) is 2.78. The number of hydrogen-bond donors (Lipinski definition) is 1. The summed E-state index contributed by atoms with van der Waals surface area (Å²) in [4.78, 5) is 0. The van der Waals surface area contributed by atoms with Gasteiger partial charge in [-0.3, -0.25) is 0 Å². The lowest BCUT2D eigenvalue weighted by Gasteiger charge is -2.23. The number of nitrogen functional groups attached to an aromatic ring is 1. The van der Waals surface area contributed by atoms with Crippen molar-refractivity contribution in [2.24, 2.45) is 0 Å². The van der Waals surface area contributed by atoms with Crippen molar-refractivity contribution in [2.45, 2.75) is 31.8 Å². The van der Waals surface area contributed by atoms with E-state index in [1.807, 2.05) is 18.2 Å². The van der Waals surface area contributed by atoms with E-state index in [-0.39, 0.29) is 0 Å². The molecule has 1 aromatic carbocycles. The summed E-state index contributed by atoms with van der Waals surface area (Å²) < 4.78 is 5.68. The highest BCUT2D eigenvalue weighted by atomic mass is 16.5. The molecule has 2 N–H and O–H groups in total. The van der Waals surface area contributed by atoms with Crippen LogP contribution >= 0.6 is 0 Å². The second-order valence-corrected chi connectivity index (χ2v) is 3.89. The summed E-state index contributed by atoms with van der Waals surface area (Å²) >= 11 is 0. The number of rotatable bonds is 2. The number of anilines is 1.